The van der Waals surface area contributed by atoms with E-state index in [-0.39, 0.29) is 11.8 Å². The van der Waals surface area contributed by atoms with Gasteiger partial charge in [0.05, 0.1) is 6.61 Å². The first-order valence-corrected chi connectivity index (χ1v) is 10.5. The molecule has 148 valence electrons. The van der Waals surface area contributed by atoms with Gasteiger partial charge in [0.2, 0.25) is 5.91 Å². The van der Waals surface area contributed by atoms with Crippen molar-refractivity contribution in [2.75, 3.05) is 26.7 Å². The third-order valence-corrected chi connectivity index (χ3v) is 6.01. The van der Waals surface area contributed by atoms with Crippen LogP contribution >= 0.6 is 0 Å². The van der Waals surface area contributed by atoms with Gasteiger partial charge in [0.25, 0.3) is 0 Å². The largest absolute Gasteiger partial charge is 0.493 e. The second-order valence-electron chi connectivity index (χ2n) is 8.09. The fourth-order valence-corrected chi connectivity index (χ4v) is 4.40. The molecule has 2 aromatic rings. The van der Waals surface area contributed by atoms with Gasteiger partial charge in [-0.1, -0.05) is 42.5 Å². The van der Waals surface area contributed by atoms with Crippen LogP contribution in [0.5, 0.6) is 5.75 Å². The number of para-hydroxylation sites is 1. The first-order chi connectivity index (χ1) is 13.7. The van der Waals surface area contributed by atoms with E-state index < -0.39 is 0 Å². The van der Waals surface area contributed by atoms with Gasteiger partial charge in [-0.25, -0.2) is 0 Å². The second-order valence-corrected chi connectivity index (χ2v) is 8.09. The van der Waals surface area contributed by atoms with Crippen molar-refractivity contribution in [3.8, 4) is 5.75 Å². The number of hydrogen-bond donors (Lipinski definition) is 0. The van der Waals surface area contributed by atoms with Crippen LogP contribution in [0, 0.1) is 5.92 Å². The van der Waals surface area contributed by atoms with E-state index in [1.807, 2.05) is 30.1 Å². The van der Waals surface area contributed by atoms with E-state index in [4.69, 9.17) is 4.74 Å². The molecule has 4 rings (SSSR count). The summed E-state index contributed by atoms with van der Waals surface area (Å²) in [6.07, 6.45) is 4.12. The maximum atomic E-state index is 13.2. The van der Waals surface area contributed by atoms with Gasteiger partial charge in [-0.15, -0.1) is 0 Å². The Balaban J connectivity index is 1.43. The van der Waals surface area contributed by atoms with Crippen molar-refractivity contribution in [1.29, 1.82) is 0 Å². The highest BCUT2D eigenvalue weighted by molar-refractivity contribution is 5.79. The summed E-state index contributed by atoms with van der Waals surface area (Å²) in [6.45, 7) is 4.63. The second kappa shape index (κ2) is 8.78. The minimum Gasteiger partial charge on any atom is -0.493 e. The molecule has 0 radical (unpaired) electrons. The lowest BCUT2D eigenvalue weighted by molar-refractivity contribution is -0.135. The molecule has 0 bridgehead atoms. The predicted molar refractivity (Wildman–Crippen MR) is 111 cm³/mol. The zero-order valence-corrected chi connectivity index (χ0v) is 16.8. The van der Waals surface area contributed by atoms with Crippen LogP contribution in [0.15, 0.2) is 48.5 Å². The number of fused-ring (bicyclic) bond motifs is 1. The van der Waals surface area contributed by atoms with Gasteiger partial charge in [-0.3, -0.25) is 9.69 Å². The van der Waals surface area contributed by atoms with E-state index in [0.717, 1.165) is 30.7 Å². The molecule has 0 N–H and O–H groups in total. The Kier molecular flexibility index (Phi) is 5.96. The van der Waals surface area contributed by atoms with Crippen molar-refractivity contribution in [2.24, 2.45) is 5.92 Å². The molecule has 2 aliphatic heterocycles. The molecule has 1 saturated heterocycles. The molecule has 0 saturated carbocycles. The van der Waals surface area contributed by atoms with Crippen LogP contribution in [0.25, 0.3) is 0 Å². The topological polar surface area (TPSA) is 32.8 Å². The van der Waals surface area contributed by atoms with Crippen molar-refractivity contribution in [2.45, 2.75) is 38.8 Å². The maximum absolute atomic E-state index is 13.2. The van der Waals surface area contributed by atoms with Crippen LogP contribution in [-0.4, -0.2) is 42.5 Å². The van der Waals surface area contributed by atoms with Crippen LogP contribution in [-0.2, 0) is 24.3 Å². The molecular weight excluding hydrogens is 348 g/mol. The summed E-state index contributed by atoms with van der Waals surface area (Å²) in [7, 11) is 1.94. The number of rotatable bonds is 5. The van der Waals surface area contributed by atoms with Crippen molar-refractivity contribution in [3.63, 3.8) is 0 Å². The number of carbonyl (C=O) groups excluding carboxylic acids is 1. The quantitative estimate of drug-likeness (QED) is 0.791. The average Bonchev–Trinajstić information content (AvgIpc) is 3.12. The van der Waals surface area contributed by atoms with E-state index in [1.165, 1.54) is 37.1 Å². The monoisotopic (exact) mass is 378 g/mol. The highest BCUT2D eigenvalue weighted by Gasteiger charge is 2.26. The minimum atomic E-state index is -0.0144. The van der Waals surface area contributed by atoms with Crippen molar-refractivity contribution in [3.05, 3.63) is 65.2 Å². The molecule has 2 aromatic carbocycles. The predicted octanol–water partition coefficient (Wildman–Crippen LogP) is 3.88. The molecule has 0 spiro atoms. The number of ether oxygens (including phenoxy) is 1. The van der Waals surface area contributed by atoms with Gasteiger partial charge < -0.3 is 9.64 Å². The molecule has 0 aliphatic carbocycles. The van der Waals surface area contributed by atoms with Crippen molar-refractivity contribution < 1.29 is 9.53 Å². The summed E-state index contributed by atoms with van der Waals surface area (Å²) < 4.78 is 5.84. The zero-order chi connectivity index (χ0) is 19.3. The summed E-state index contributed by atoms with van der Waals surface area (Å²) in [6, 6.07) is 16.7. The highest BCUT2D eigenvalue weighted by atomic mass is 16.5. The Bertz CT molecular complexity index is 814. The van der Waals surface area contributed by atoms with Crippen LogP contribution in [0.4, 0.5) is 0 Å². The highest BCUT2D eigenvalue weighted by Crippen LogP contribution is 2.28. The van der Waals surface area contributed by atoms with E-state index in [0.29, 0.717) is 13.2 Å². The molecular formula is C24H30N2O2. The first kappa shape index (κ1) is 19.0. The Morgan fingerprint density at radius 3 is 2.61 bits per heavy atom. The zero-order valence-electron chi connectivity index (χ0n) is 16.8. The minimum absolute atomic E-state index is 0.0144. The average molecular weight is 379 g/mol. The number of benzene rings is 2. The number of likely N-dealkylation sites (tertiary alicyclic amines) is 1. The summed E-state index contributed by atoms with van der Waals surface area (Å²) in [4.78, 5) is 17.6. The lowest BCUT2D eigenvalue weighted by Gasteiger charge is -2.25. The fraction of sp³-hybridized carbons (Fsp3) is 0.458. The Hall–Kier alpha value is -2.33. The molecule has 0 unspecified atom stereocenters. The number of nitrogens with zero attached hydrogens (tertiary/aromatic N) is 2. The molecule has 2 aliphatic rings. The van der Waals surface area contributed by atoms with Crippen molar-refractivity contribution in [1.82, 2.24) is 9.80 Å². The van der Waals surface area contributed by atoms with Gasteiger partial charge in [0.15, 0.2) is 0 Å². The van der Waals surface area contributed by atoms with Gasteiger partial charge >= 0.3 is 0 Å². The molecule has 4 nitrogen and oxygen atoms in total. The standard InChI is InChI=1S/C24H30N2O2/c1-25(17-21-9-2-3-10-22(21)18-26-13-6-7-14-26)24(27)20-12-15-28-23-11-5-4-8-19(23)16-20/h2-5,8-11,20H,6-7,12-18H2,1H3/t20-/m0/s1. The van der Waals surface area contributed by atoms with Gasteiger partial charge in [0, 0.05) is 26.1 Å². The fourth-order valence-electron chi connectivity index (χ4n) is 4.40. The van der Waals surface area contributed by atoms with Gasteiger partial charge in [-0.2, -0.15) is 0 Å². The van der Waals surface area contributed by atoms with Gasteiger partial charge in [0.1, 0.15) is 5.75 Å². The summed E-state index contributed by atoms with van der Waals surface area (Å²) in [5.74, 6) is 1.13. The van der Waals surface area contributed by atoms with Gasteiger partial charge in [-0.05, 0) is 61.5 Å². The molecule has 0 aromatic heterocycles. The summed E-state index contributed by atoms with van der Waals surface area (Å²) in [5.41, 5.74) is 3.75. The summed E-state index contributed by atoms with van der Waals surface area (Å²) in [5, 5.41) is 0. The lowest BCUT2D eigenvalue weighted by atomic mass is 9.95. The number of hydrogen-bond acceptors (Lipinski definition) is 3. The molecule has 1 fully saturated rings. The Morgan fingerprint density at radius 2 is 1.79 bits per heavy atom. The maximum Gasteiger partial charge on any atom is 0.226 e. The van der Waals surface area contributed by atoms with Crippen LogP contribution in [0.3, 0.4) is 0 Å². The lowest BCUT2D eigenvalue weighted by Crippen LogP contribution is -2.34. The molecule has 4 heteroatoms. The molecule has 1 amide bonds. The van der Waals surface area contributed by atoms with E-state index in [2.05, 4.69) is 35.2 Å². The molecule has 1 atom stereocenters. The van der Waals surface area contributed by atoms with Crippen LogP contribution in [0.1, 0.15) is 36.0 Å². The molecule has 28 heavy (non-hydrogen) atoms. The third-order valence-electron chi connectivity index (χ3n) is 6.01. The normalized spacial score (nSPS) is 19.5. The number of carbonyl (C=O) groups is 1. The smallest absolute Gasteiger partial charge is 0.226 e. The molecule has 2 heterocycles. The van der Waals surface area contributed by atoms with Crippen LogP contribution in [0.2, 0.25) is 0 Å². The van der Waals surface area contributed by atoms with E-state index in [1.54, 1.807) is 0 Å². The first-order valence-electron chi connectivity index (χ1n) is 10.5. The van der Waals surface area contributed by atoms with Crippen LogP contribution < -0.4 is 4.74 Å². The third kappa shape index (κ3) is 4.39. The van der Waals surface area contributed by atoms with E-state index in [9.17, 15) is 4.79 Å². The van der Waals surface area contributed by atoms with Crippen molar-refractivity contribution >= 4 is 5.91 Å². The number of amides is 1. The SMILES string of the molecule is CN(Cc1ccccc1CN1CCCC1)C(=O)[C@H]1CCOc2ccccc2C1. The Morgan fingerprint density at radius 1 is 1.07 bits per heavy atom. The summed E-state index contributed by atoms with van der Waals surface area (Å²) >= 11 is 0. The van der Waals surface area contributed by atoms with E-state index >= 15 is 0 Å². The Labute approximate surface area is 168 Å².